The Bertz CT molecular complexity index is 1580. The third-order valence-electron chi connectivity index (χ3n) is 7.36. The predicted molar refractivity (Wildman–Crippen MR) is 152 cm³/mol. The second-order valence-electron chi connectivity index (χ2n) is 10.1. The molecule has 2 unspecified atom stereocenters. The maximum absolute atomic E-state index is 13.8. The van der Waals surface area contributed by atoms with E-state index in [1.54, 1.807) is 26.2 Å². The molecule has 1 heterocycles. The third-order valence-corrected chi connectivity index (χ3v) is 8.10. The van der Waals surface area contributed by atoms with E-state index in [9.17, 15) is 27.9 Å². The number of dihydropyridines is 1. The lowest BCUT2D eigenvalue weighted by Gasteiger charge is -2.37. The number of esters is 1. The summed E-state index contributed by atoms with van der Waals surface area (Å²) in [6, 6.07) is 19.6. The fourth-order valence-electron chi connectivity index (χ4n) is 5.58. The Morgan fingerprint density at radius 1 is 1.05 bits per heavy atom. The number of halogens is 3. The first-order valence-corrected chi connectivity index (χ1v) is 14.0. The summed E-state index contributed by atoms with van der Waals surface area (Å²) in [6.45, 7) is 1.56. The molecular formula is C32H28F3NO5S. The highest BCUT2D eigenvalue weighted by Crippen LogP contribution is 2.47. The topological polar surface area (TPSA) is 84.9 Å². The molecule has 0 aromatic heterocycles. The van der Waals surface area contributed by atoms with Gasteiger partial charge in [0.1, 0.15) is 18.1 Å². The second-order valence-corrected chi connectivity index (χ2v) is 11.3. The molecule has 6 nitrogen and oxygen atoms in total. The van der Waals surface area contributed by atoms with Crippen LogP contribution in [-0.2, 0) is 20.9 Å². The number of alkyl halides is 3. The Balaban J connectivity index is 1.44. The summed E-state index contributed by atoms with van der Waals surface area (Å²) in [5.74, 6) is -1.04. The normalized spacial score (nSPS) is 18.8. The molecule has 42 heavy (non-hydrogen) atoms. The minimum absolute atomic E-state index is 0.00877. The average molecular weight is 596 g/mol. The predicted octanol–water partition coefficient (Wildman–Crippen LogP) is 7.12. The molecular weight excluding hydrogens is 567 g/mol. The zero-order valence-corrected chi connectivity index (χ0v) is 23.6. The number of hydrogen-bond acceptors (Lipinski definition) is 7. The number of phenols is 1. The highest BCUT2D eigenvalue weighted by molar-refractivity contribution is 8.00. The zero-order valence-electron chi connectivity index (χ0n) is 22.8. The highest BCUT2D eigenvalue weighted by atomic mass is 32.2. The van der Waals surface area contributed by atoms with Gasteiger partial charge in [-0.15, -0.1) is 0 Å². The molecule has 1 aliphatic heterocycles. The van der Waals surface area contributed by atoms with E-state index >= 15 is 0 Å². The number of ether oxygens (including phenoxy) is 2. The molecule has 2 aliphatic rings. The van der Waals surface area contributed by atoms with Crippen molar-refractivity contribution in [2.24, 2.45) is 0 Å². The first-order chi connectivity index (χ1) is 20.0. The van der Waals surface area contributed by atoms with E-state index in [2.05, 4.69) is 5.32 Å². The number of aromatic hydroxyl groups is 1. The van der Waals surface area contributed by atoms with Gasteiger partial charge in [-0.3, -0.25) is 4.79 Å². The summed E-state index contributed by atoms with van der Waals surface area (Å²) >= 11 is -0.221. The first kappa shape index (κ1) is 29.3. The number of nitrogens with one attached hydrogen (secondary N) is 1. The van der Waals surface area contributed by atoms with E-state index < -0.39 is 17.4 Å². The lowest BCUT2D eigenvalue weighted by atomic mass is 9.71. The molecule has 218 valence electrons. The molecule has 0 bridgehead atoms. The van der Waals surface area contributed by atoms with Crippen LogP contribution in [0.1, 0.15) is 48.3 Å². The van der Waals surface area contributed by atoms with Crippen LogP contribution < -0.4 is 10.1 Å². The third kappa shape index (κ3) is 6.33. The van der Waals surface area contributed by atoms with Gasteiger partial charge in [0.25, 0.3) is 0 Å². The van der Waals surface area contributed by atoms with Crippen LogP contribution in [0.4, 0.5) is 13.2 Å². The molecule has 10 heteroatoms. The van der Waals surface area contributed by atoms with Crippen molar-refractivity contribution in [1.29, 1.82) is 0 Å². The molecule has 3 aromatic rings. The number of ketones is 1. The summed E-state index contributed by atoms with van der Waals surface area (Å²) in [6.07, 6.45) is 0.721. The molecule has 0 spiro atoms. The monoisotopic (exact) mass is 595 g/mol. The van der Waals surface area contributed by atoms with Crippen LogP contribution in [0.2, 0.25) is 0 Å². The zero-order chi connectivity index (χ0) is 30.0. The van der Waals surface area contributed by atoms with Crippen molar-refractivity contribution >= 4 is 23.5 Å². The van der Waals surface area contributed by atoms with Crippen LogP contribution in [0.15, 0.2) is 100 Å². The van der Waals surface area contributed by atoms with Gasteiger partial charge in [-0.1, -0.05) is 42.5 Å². The van der Waals surface area contributed by atoms with Crippen LogP contribution in [0.5, 0.6) is 11.5 Å². The number of allylic oxidation sites excluding steroid dienone is 3. The number of para-hydroxylation sites is 1. The van der Waals surface area contributed by atoms with E-state index in [4.69, 9.17) is 9.47 Å². The minimum Gasteiger partial charge on any atom is -0.508 e. The lowest BCUT2D eigenvalue weighted by Crippen LogP contribution is -2.36. The van der Waals surface area contributed by atoms with Crippen LogP contribution in [0.25, 0.3) is 0 Å². The van der Waals surface area contributed by atoms with E-state index in [0.717, 1.165) is 5.56 Å². The number of hydrogen-bond donors (Lipinski definition) is 2. The van der Waals surface area contributed by atoms with Crippen LogP contribution in [0.3, 0.4) is 0 Å². The summed E-state index contributed by atoms with van der Waals surface area (Å²) in [5, 5.41) is 13.5. The Hall–Kier alpha value is -4.18. The number of methoxy groups -OCH3 is 1. The van der Waals surface area contributed by atoms with E-state index in [1.807, 2.05) is 24.3 Å². The molecule has 2 N–H and O–H groups in total. The van der Waals surface area contributed by atoms with Crippen LogP contribution in [-0.4, -0.2) is 29.5 Å². The summed E-state index contributed by atoms with van der Waals surface area (Å²) in [7, 11) is 1.59. The number of thioether (sulfide) groups is 1. The molecule has 0 fully saturated rings. The fourth-order valence-corrected chi connectivity index (χ4v) is 6.12. The summed E-state index contributed by atoms with van der Waals surface area (Å²) < 4.78 is 49.1. The van der Waals surface area contributed by atoms with Crippen molar-refractivity contribution < 1.29 is 37.3 Å². The molecule has 0 saturated heterocycles. The van der Waals surface area contributed by atoms with Gasteiger partial charge in [0.2, 0.25) is 0 Å². The Kier molecular flexibility index (Phi) is 8.36. The standard InChI is InChI=1S/C32H28F3NO5S/c1-18-28(31(39)41-17-19-10-12-23(13-11-19)42-32(33,34)35)29(20-6-5-7-22(37)14-20)30-25(36-18)15-21(16-26(30)38)24-8-3-4-9-27(24)40-2/h3-14,21,29,36-37H,15-17H2,1-2H3. The van der Waals surface area contributed by atoms with Crippen molar-refractivity contribution in [3.8, 4) is 11.5 Å². The van der Waals surface area contributed by atoms with Crippen molar-refractivity contribution in [2.45, 2.75) is 48.6 Å². The molecule has 2 atom stereocenters. The van der Waals surface area contributed by atoms with Gasteiger partial charge in [0.15, 0.2) is 5.78 Å². The Labute approximate surface area is 245 Å². The van der Waals surface area contributed by atoms with Crippen molar-refractivity contribution in [3.63, 3.8) is 0 Å². The van der Waals surface area contributed by atoms with E-state index in [1.165, 1.54) is 36.4 Å². The van der Waals surface area contributed by atoms with Gasteiger partial charge in [-0.05, 0) is 72.1 Å². The first-order valence-electron chi connectivity index (χ1n) is 13.2. The quantitative estimate of drug-likeness (QED) is 0.222. The molecule has 0 amide bonds. The van der Waals surface area contributed by atoms with Gasteiger partial charge in [0.05, 0.1) is 12.7 Å². The maximum Gasteiger partial charge on any atom is 0.446 e. The van der Waals surface area contributed by atoms with E-state index in [-0.39, 0.29) is 52.7 Å². The van der Waals surface area contributed by atoms with Crippen molar-refractivity contribution in [2.75, 3.05) is 7.11 Å². The molecule has 1 aliphatic carbocycles. The summed E-state index contributed by atoms with van der Waals surface area (Å²) in [5.41, 5.74) is -0.524. The van der Waals surface area contributed by atoms with Gasteiger partial charge >= 0.3 is 11.5 Å². The number of carbonyl (C=O) groups is 2. The lowest BCUT2D eigenvalue weighted by molar-refractivity contribution is -0.140. The number of carbonyl (C=O) groups excluding carboxylic acids is 2. The Morgan fingerprint density at radius 2 is 1.79 bits per heavy atom. The average Bonchev–Trinajstić information content (AvgIpc) is 2.95. The van der Waals surface area contributed by atoms with Crippen molar-refractivity contribution in [1.82, 2.24) is 5.32 Å². The van der Waals surface area contributed by atoms with E-state index in [0.29, 0.717) is 40.3 Å². The van der Waals surface area contributed by atoms with Crippen LogP contribution in [0, 0.1) is 0 Å². The smallest absolute Gasteiger partial charge is 0.446 e. The largest absolute Gasteiger partial charge is 0.508 e. The fraction of sp³-hybridized carbons (Fsp3) is 0.250. The van der Waals surface area contributed by atoms with Crippen LogP contribution >= 0.6 is 11.8 Å². The van der Waals surface area contributed by atoms with Gasteiger partial charge < -0.3 is 19.9 Å². The number of Topliss-reactive ketones (excluding diaryl/α,β-unsaturated/α-hetero) is 1. The minimum atomic E-state index is -4.40. The number of rotatable bonds is 7. The Morgan fingerprint density at radius 3 is 2.48 bits per heavy atom. The molecule has 0 radical (unpaired) electrons. The molecule has 5 rings (SSSR count). The molecule has 0 saturated carbocycles. The molecule has 3 aromatic carbocycles. The van der Waals surface area contributed by atoms with Gasteiger partial charge in [0, 0.05) is 40.1 Å². The van der Waals surface area contributed by atoms with Gasteiger partial charge in [-0.2, -0.15) is 13.2 Å². The number of phenolic OH excluding ortho intramolecular Hbond substituents is 1. The van der Waals surface area contributed by atoms with Crippen molar-refractivity contribution in [3.05, 3.63) is 112 Å². The van der Waals surface area contributed by atoms with Gasteiger partial charge in [-0.25, -0.2) is 4.79 Å². The highest BCUT2D eigenvalue weighted by Gasteiger charge is 2.42. The second kappa shape index (κ2) is 12.0. The summed E-state index contributed by atoms with van der Waals surface area (Å²) in [4.78, 5) is 27.4. The SMILES string of the molecule is COc1ccccc1C1CC(=O)C2=C(C1)NC(C)=C(C(=O)OCc1ccc(SC(F)(F)F)cc1)C2c1cccc(O)c1. The maximum atomic E-state index is 13.8. The number of benzene rings is 3.